The Morgan fingerprint density at radius 1 is 1.09 bits per heavy atom. The highest BCUT2D eigenvalue weighted by Crippen LogP contribution is 2.39. The van der Waals surface area contributed by atoms with E-state index < -0.39 is 0 Å². The number of hydrogen-bond acceptors (Lipinski definition) is 8. The van der Waals surface area contributed by atoms with Gasteiger partial charge >= 0.3 is 0 Å². The number of rotatable bonds is 10. The molecule has 0 aromatic heterocycles. The Balaban J connectivity index is 0.000000287. The Hall–Kier alpha value is -1.19. The molecule has 0 amide bonds. The van der Waals surface area contributed by atoms with Crippen LogP contribution < -0.4 is 14.2 Å². The van der Waals surface area contributed by atoms with Crippen LogP contribution in [0.3, 0.4) is 0 Å². The van der Waals surface area contributed by atoms with Crippen molar-refractivity contribution in [1.29, 1.82) is 0 Å². The molecule has 1 N–H and O–H groups in total. The van der Waals surface area contributed by atoms with Gasteiger partial charge in [-0.25, -0.2) is 0 Å². The molecule has 1 aliphatic heterocycles. The molecule has 1 heterocycles. The predicted octanol–water partition coefficient (Wildman–Crippen LogP) is 4.77. The Bertz CT molecular complexity index is 826. The minimum Gasteiger partial charge on any atom is -0.493 e. The third kappa shape index (κ3) is 9.11. The molecule has 2 aromatic carbocycles. The van der Waals surface area contributed by atoms with E-state index in [1.54, 1.807) is 56.1 Å². The summed E-state index contributed by atoms with van der Waals surface area (Å²) < 4.78 is 31.9. The maximum absolute atomic E-state index is 11.5. The van der Waals surface area contributed by atoms with Crippen molar-refractivity contribution in [3.63, 3.8) is 0 Å². The molecule has 0 saturated carbocycles. The number of carbonyl (C=O) groups is 1. The van der Waals surface area contributed by atoms with Crippen LogP contribution >= 0.6 is 45.6 Å². The van der Waals surface area contributed by atoms with E-state index in [0.29, 0.717) is 29.4 Å². The van der Waals surface area contributed by atoms with Crippen molar-refractivity contribution in [3.05, 3.63) is 53.6 Å². The van der Waals surface area contributed by atoms with Gasteiger partial charge in [0.1, 0.15) is 23.0 Å². The zero-order valence-electron chi connectivity index (χ0n) is 19.4. The molecule has 1 fully saturated rings. The molecule has 1 aliphatic rings. The first-order valence-corrected chi connectivity index (χ1v) is 12.6. The van der Waals surface area contributed by atoms with E-state index in [2.05, 4.69) is 12.1 Å². The van der Waals surface area contributed by atoms with E-state index in [4.69, 9.17) is 31.9 Å². The van der Waals surface area contributed by atoms with Gasteiger partial charge in [0.25, 0.3) is 0 Å². The standard InChI is InChI=1S/C17H17IO4.C7H13IO4/c1-20-14-10-13(17(18)19)11-15(21-2)16(14)22-9-8-12-6-4-3-5-7-12;1-10-7-3-5(12-8)2-6(4-9)11-7/h3-7,10-11H,8-9H2,1-2H3;5-7,9H,2-4H2,1H3/t;5-,6-,7+/m.0/s1. The van der Waals surface area contributed by atoms with Gasteiger partial charge in [0.2, 0.25) is 9.54 Å². The number of benzene rings is 2. The minimum atomic E-state index is -0.240. The molecule has 0 radical (unpaired) electrons. The number of methoxy groups -OCH3 is 3. The van der Waals surface area contributed by atoms with Gasteiger partial charge in [0, 0.05) is 54.5 Å². The van der Waals surface area contributed by atoms with Crippen LogP contribution in [0.1, 0.15) is 28.8 Å². The number of aliphatic hydroxyl groups is 1. The molecular formula is C24H30I2O8. The van der Waals surface area contributed by atoms with E-state index >= 15 is 0 Å². The van der Waals surface area contributed by atoms with Crippen LogP contribution in [0.15, 0.2) is 42.5 Å². The fourth-order valence-electron chi connectivity index (χ4n) is 3.32. The van der Waals surface area contributed by atoms with Crippen LogP contribution in [-0.2, 0) is 19.0 Å². The van der Waals surface area contributed by atoms with Crippen molar-refractivity contribution in [3.8, 4) is 17.2 Å². The molecule has 2 aromatic rings. The van der Waals surface area contributed by atoms with Crippen LogP contribution in [0.4, 0.5) is 0 Å². The third-order valence-electron chi connectivity index (χ3n) is 5.09. The highest BCUT2D eigenvalue weighted by atomic mass is 127. The number of ether oxygens (including phenoxy) is 5. The summed E-state index contributed by atoms with van der Waals surface area (Å²) in [4.78, 5) is 11.5. The van der Waals surface area contributed by atoms with E-state index in [-0.39, 0.29) is 28.9 Å². The second-order valence-electron chi connectivity index (χ2n) is 7.36. The van der Waals surface area contributed by atoms with Crippen LogP contribution in [0.25, 0.3) is 0 Å². The molecular weight excluding hydrogens is 670 g/mol. The zero-order valence-corrected chi connectivity index (χ0v) is 23.7. The first kappa shape index (κ1) is 29.0. The van der Waals surface area contributed by atoms with Crippen LogP contribution in [0, 0.1) is 0 Å². The second kappa shape index (κ2) is 15.7. The Kier molecular flexibility index (Phi) is 13.4. The molecule has 188 valence electrons. The molecule has 0 unspecified atom stereocenters. The fourth-order valence-corrected chi connectivity index (χ4v) is 4.05. The van der Waals surface area contributed by atoms with Crippen LogP contribution in [-0.4, -0.2) is 61.9 Å². The van der Waals surface area contributed by atoms with Crippen molar-refractivity contribution in [1.82, 2.24) is 0 Å². The number of carbonyl (C=O) groups excluding carboxylic acids is 1. The van der Waals surface area contributed by atoms with E-state index in [1.807, 2.05) is 41.2 Å². The van der Waals surface area contributed by atoms with Gasteiger partial charge in [-0.3, -0.25) is 4.79 Å². The largest absolute Gasteiger partial charge is 0.493 e. The maximum Gasteiger partial charge on any atom is 0.222 e. The quantitative estimate of drug-likeness (QED) is 0.280. The SMILES string of the molecule is CO[C@H]1C[C@@H](OI)C[C@@H](CO)O1.COc1cc(C(=O)I)cc(OC)c1OCCc1ccccc1. The Labute approximate surface area is 228 Å². The lowest BCUT2D eigenvalue weighted by molar-refractivity contribution is -0.204. The van der Waals surface area contributed by atoms with E-state index in [9.17, 15) is 4.79 Å². The van der Waals surface area contributed by atoms with E-state index in [0.717, 1.165) is 19.3 Å². The monoisotopic (exact) mass is 700 g/mol. The van der Waals surface area contributed by atoms with Crippen LogP contribution in [0.5, 0.6) is 17.2 Å². The molecule has 8 nitrogen and oxygen atoms in total. The van der Waals surface area contributed by atoms with Crippen molar-refractivity contribution in [2.75, 3.05) is 34.5 Å². The van der Waals surface area contributed by atoms with Crippen molar-refractivity contribution in [2.24, 2.45) is 0 Å². The maximum atomic E-state index is 11.5. The Morgan fingerprint density at radius 3 is 2.24 bits per heavy atom. The highest BCUT2D eigenvalue weighted by Gasteiger charge is 2.29. The molecule has 3 atom stereocenters. The van der Waals surface area contributed by atoms with E-state index in [1.165, 1.54) is 5.56 Å². The molecule has 0 bridgehead atoms. The lowest BCUT2D eigenvalue weighted by Crippen LogP contribution is -2.38. The summed E-state index contributed by atoms with van der Waals surface area (Å²) in [6.45, 7) is 0.518. The summed E-state index contributed by atoms with van der Waals surface area (Å²) in [5.74, 6) is 1.50. The first-order valence-electron chi connectivity index (χ1n) is 10.6. The summed E-state index contributed by atoms with van der Waals surface area (Å²) in [5.41, 5.74) is 1.71. The number of halogens is 2. The summed E-state index contributed by atoms with van der Waals surface area (Å²) in [6.07, 6.45) is 1.98. The zero-order chi connectivity index (χ0) is 24.9. The lowest BCUT2D eigenvalue weighted by atomic mass is 10.1. The van der Waals surface area contributed by atoms with Crippen molar-refractivity contribution < 1.29 is 36.7 Å². The van der Waals surface area contributed by atoms with Gasteiger partial charge in [-0.05, 0) is 17.7 Å². The van der Waals surface area contributed by atoms with Crippen LogP contribution in [0.2, 0.25) is 0 Å². The lowest BCUT2D eigenvalue weighted by Gasteiger charge is -2.32. The summed E-state index contributed by atoms with van der Waals surface area (Å²) in [7, 11) is 4.68. The summed E-state index contributed by atoms with van der Waals surface area (Å²) in [6, 6.07) is 13.4. The first-order chi connectivity index (χ1) is 16.4. The molecule has 3 rings (SSSR count). The molecule has 34 heavy (non-hydrogen) atoms. The Morgan fingerprint density at radius 2 is 1.74 bits per heavy atom. The average Bonchev–Trinajstić information content (AvgIpc) is 2.88. The smallest absolute Gasteiger partial charge is 0.222 e. The van der Waals surface area contributed by atoms with Gasteiger partial charge in [0.15, 0.2) is 17.8 Å². The molecule has 10 heteroatoms. The van der Waals surface area contributed by atoms with Crippen molar-refractivity contribution in [2.45, 2.75) is 37.8 Å². The highest BCUT2D eigenvalue weighted by molar-refractivity contribution is 14.1. The number of aliphatic hydroxyl groups excluding tert-OH is 1. The number of hydrogen-bond donors (Lipinski definition) is 1. The summed E-state index contributed by atoms with van der Waals surface area (Å²) >= 11 is 3.60. The average molecular weight is 700 g/mol. The molecule has 0 spiro atoms. The molecule has 0 aliphatic carbocycles. The summed E-state index contributed by atoms with van der Waals surface area (Å²) in [5, 5.41) is 8.88. The topological polar surface area (TPSA) is 92.7 Å². The second-order valence-corrected chi connectivity index (χ2v) is 8.84. The third-order valence-corrected chi connectivity index (χ3v) is 6.43. The normalized spacial score (nSPS) is 19.5. The fraction of sp³-hybridized carbons (Fsp3) is 0.458. The van der Waals surface area contributed by atoms with Gasteiger partial charge in [-0.15, -0.1) is 0 Å². The van der Waals surface area contributed by atoms with Crippen molar-refractivity contribution >= 4 is 49.4 Å². The van der Waals surface area contributed by atoms with Gasteiger partial charge in [-0.1, -0.05) is 30.3 Å². The van der Waals surface area contributed by atoms with Gasteiger partial charge < -0.3 is 31.9 Å². The van der Waals surface area contributed by atoms with Gasteiger partial charge in [-0.2, -0.15) is 0 Å². The van der Waals surface area contributed by atoms with Gasteiger partial charge in [0.05, 0.1) is 39.6 Å². The predicted molar refractivity (Wildman–Crippen MR) is 144 cm³/mol. The molecule has 1 saturated heterocycles. The minimum absolute atomic E-state index is 0.0242.